The molecule has 0 aliphatic heterocycles. The lowest BCUT2D eigenvalue weighted by molar-refractivity contribution is 0.597. The minimum absolute atomic E-state index is 0.212. The molecule has 0 fully saturated rings. The second kappa shape index (κ2) is 9.65. The number of aryl methyl sites for hydroxylation is 1. The van der Waals surface area contributed by atoms with Crippen LogP contribution in [-0.2, 0) is 12.8 Å². The normalized spacial score (nSPS) is 9.33. The van der Waals surface area contributed by atoms with E-state index in [1.54, 1.807) is 0 Å². The van der Waals surface area contributed by atoms with E-state index in [-0.39, 0.29) is 5.82 Å². The molecular weight excluding hydrogens is 225 g/mol. The average Bonchev–Trinajstić information content (AvgIpc) is 2.40. The van der Waals surface area contributed by atoms with E-state index >= 15 is 0 Å². The molecule has 100 valence electrons. The first kappa shape index (κ1) is 16.6. The summed E-state index contributed by atoms with van der Waals surface area (Å²) >= 11 is 0. The molecule has 1 rings (SSSR count). The van der Waals surface area contributed by atoms with E-state index in [9.17, 15) is 4.39 Å². The zero-order valence-corrected chi connectivity index (χ0v) is 12.0. The van der Waals surface area contributed by atoms with Crippen LogP contribution in [0.15, 0.2) is 12.1 Å². The molecule has 1 aromatic carbocycles. The average molecular weight is 249 g/mol. The Hall–Kier alpha value is -1.36. The fraction of sp³-hybridized carbons (Fsp3) is 0.562. The molecule has 0 aliphatic rings. The molecular formula is C16H24FN. The number of rotatable bonds is 5. The highest BCUT2D eigenvalue weighted by atomic mass is 19.1. The maximum atomic E-state index is 13.8. The molecule has 0 bridgehead atoms. The van der Waals surface area contributed by atoms with Crippen LogP contribution in [0.2, 0.25) is 0 Å². The highest BCUT2D eigenvalue weighted by molar-refractivity contribution is 5.39. The van der Waals surface area contributed by atoms with E-state index in [4.69, 9.17) is 5.26 Å². The molecule has 0 aliphatic carbocycles. The zero-order valence-electron chi connectivity index (χ0n) is 12.0. The van der Waals surface area contributed by atoms with E-state index in [1.165, 1.54) is 6.07 Å². The lowest BCUT2D eigenvalue weighted by Gasteiger charge is -2.10. The van der Waals surface area contributed by atoms with Gasteiger partial charge in [-0.3, -0.25) is 0 Å². The topological polar surface area (TPSA) is 23.8 Å². The summed E-state index contributed by atoms with van der Waals surface area (Å²) in [4.78, 5) is 0. The van der Waals surface area contributed by atoms with E-state index in [0.717, 1.165) is 43.2 Å². The van der Waals surface area contributed by atoms with Crippen LogP contribution in [0.3, 0.4) is 0 Å². The smallest absolute Gasteiger partial charge is 0.127 e. The monoisotopic (exact) mass is 249 g/mol. The number of hydrogen-bond donors (Lipinski definition) is 0. The SMILES string of the molecule is CC.CCCCc1c(F)cc(C#N)cc1CCC. The van der Waals surface area contributed by atoms with E-state index < -0.39 is 0 Å². The van der Waals surface area contributed by atoms with E-state index in [1.807, 2.05) is 26.0 Å². The molecule has 0 N–H and O–H groups in total. The van der Waals surface area contributed by atoms with Gasteiger partial charge in [-0.1, -0.05) is 40.5 Å². The van der Waals surface area contributed by atoms with Gasteiger partial charge in [-0.15, -0.1) is 0 Å². The molecule has 0 amide bonds. The first-order chi connectivity index (χ1) is 8.72. The van der Waals surface area contributed by atoms with Gasteiger partial charge in [-0.2, -0.15) is 5.26 Å². The zero-order chi connectivity index (χ0) is 14.0. The van der Waals surface area contributed by atoms with Crippen LogP contribution >= 0.6 is 0 Å². The van der Waals surface area contributed by atoms with Crippen molar-refractivity contribution in [3.8, 4) is 6.07 Å². The number of benzene rings is 1. The summed E-state index contributed by atoms with van der Waals surface area (Å²) in [7, 11) is 0. The predicted molar refractivity (Wildman–Crippen MR) is 75.1 cm³/mol. The van der Waals surface area contributed by atoms with Crippen LogP contribution < -0.4 is 0 Å². The Morgan fingerprint density at radius 3 is 2.28 bits per heavy atom. The Morgan fingerprint density at radius 2 is 1.78 bits per heavy atom. The fourth-order valence-corrected chi connectivity index (χ4v) is 1.88. The van der Waals surface area contributed by atoms with Gasteiger partial charge in [0.15, 0.2) is 0 Å². The number of halogens is 1. The van der Waals surface area contributed by atoms with Crippen molar-refractivity contribution in [2.75, 3.05) is 0 Å². The van der Waals surface area contributed by atoms with Crippen molar-refractivity contribution in [2.45, 2.75) is 59.8 Å². The van der Waals surface area contributed by atoms with Crippen molar-refractivity contribution < 1.29 is 4.39 Å². The van der Waals surface area contributed by atoms with Gasteiger partial charge in [-0.05, 0) is 42.5 Å². The van der Waals surface area contributed by atoms with Crippen molar-refractivity contribution in [3.63, 3.8) is 0 Å². The molecule has 1 aromatic rings. The van der Waals surface area contributed by atoms with Gasteiger partial charge in [0.1, 0.15) is 5.82 Å². The van der Waals surface area contributed by atoms with Gasteiger partial charge in [0.05, 0.1) is 11.6 Å². The summed E-state index contributed by atoms with van der Waals surface area (Å²) in [6, 6.07) is 5.19. The van der Waals surface area contributed by atoms with Gasteiger partial charge < -0.3 is 0 Å². The largest absolute Gasteiger partial charge is 0.207 e. The Labute approximate surface area is 111 Å². The number of hydrogen-bond acceptors (Lipinski definition) is 1. The van der Waals surface area contributed by atoms with Crippen molar-refractivity contribution in [2.24, 2.45) is 0 Å². The third kappa shape index (κ3) is 4.87. The van der Waals surface area contributed by atoms with Crippen LogP contribution in [0.4, 0.5) is 4.39 Å². The highest BCUT2D eigenvalue weighted by Crippen LogP contribution is 2.20. The second-order valence-electron chi connectivity index (χ2n) is 4.06. The van der Waals surface area contributed by atoms with Gasteiger partial charge in [0.2, 0.25) is 0 Å². The maximum absolute atomic E-state index is 13.8. The Morgan fingerprint density at radius 1 is 1.11 bits per heavy atom. The number of nitrogens with zero attached hydrogens (tertiary/aromatic N) is 1. The predicted octanol–water partition coefficient (Wildman–Crippen LogP) is 5.02. The Balaban J connectivity index is 0.00000137. The molecule has 0 unspecified atom stereocenters. The fourth-order valence-electron chi connectivity index (χ4n) is 1.88. The van der Waals surface area contributed by atoms with Gasteiger partial charge >= 0.3 is 0 Å². The molecule has 0 radical (unpaired) electrons. The molecule has 0 spiro atoms. The molecule has 18 heavy (non-hydrogen) atoms. The molecule has 0 heterocycles. The van der Waals surface area contributed by atoms with E-state index in [0.29, 0.717) is 5.56 Å². The molecule has 1 nitrogen and oxygen atoms in total. The third-order valence-corrected chi connectivity index (χ3v) is 2.72. The minimum Gasteiger partial charge on any atom is -0.207 e. The highest BCUT2D eigenvalue weighted by Gasteiger charge is 2.10. The minimum atomic E-state index is -0.212. The maximum Gasteiger partial charge on any atom is 0.127 e. The lowest BCUT2D eigenvalue weighted by atomic mass is 9.96. The van der Waals surface area contributed by atoms with Crippen LogP contribution in [0.5, 0.6) is 0 Å². The van der Waals surface area contributed by atoms with Crippen molar-refractivity contribution >= 4 is 0 Å². The van der Waals surface area contributed by atoms with Crippen LogP contribution in [0.25, 0.3) is 0 Å². The molecule has 2 heteroatoms. The summed E-state index contributed by atoms with van der Waals surface area (Å²) in [5, 5.41) is 8.81. The first-order valence-corrected chi connectivity index (χ1v) is 6.94. The summed E-state index contributed by atoms with van der Waals surface area (Å²) in [5.41, 5.74) is 2.25. The second-order valence-corrected chi connectivity index (χ2v) is 4.06. The van der Waals surface area contributed by atoms with E-state index in [2.05, 4.69) is 13.8 Å². The first-order valence-electron chi connectivity index (χ1n) is 6.94. The summed E-state index contributed by atoms with van der Waals surface area (Å²) in [6.45, 7) is 8.17. The molecule has 0 saturated carbocycles. The lowest BCUT2D eigenvalue weighted by Crippen LogP contribution is -2.00. The standard InChI is InChI=1S/C14H18FN.C2H6/c1-3-5-7-13-12(6-4-2)8-11(10-16)9-14(13)15;1-2/h8-9H,3-7H2,1-2H3;1-2H3. The van der Waals surface area contributed by atoms with Gasteiger partial charge in [0.25, 0.3) is 0 Å². The van der Waals surface area contributed by atoms with Crippen LogP contribution in [-0.4, -0.2) is 0 Å². The molecule has 0 aromatic heterocycles. The van der Waals surface area contributed by atoms with Crippen molar-refractivity contribution in [1.82, 2.24) is 0 Å². The Kier molecular flexibility index (Phi) is 8.92. The van der Waals surface area contributed by atoms with Crippen molar-refractivity contribution in [3.05, 3.63) is 34.6 Å². The molecule has 0 atom stereocenters. The summed E-state index contributed by atoms with van der Waals surface area (Å²) < 4.78 is 13.8. The van der Waals surface area contributed by atoms with Crippen LogP contribution in [0, 0.1) is 17.1 Å². The summed E-state index contributed by atoms with van der Waals surface area (Å²) in [5.74, 6) is -0.212. The third-order valence-electron chi connectivity index (χ3n) is 2.72. The molecule has 0 saturated heterocycles. The number of nitriles is 1. The van der Waals surface area contributed by atoms with Gasteiger partial charge in [-0.25, -0.2) is 4.39 Å². The van der Waals surface area contributed by atoms with Crippen molar-refractivity contribution in [1.29, 1.82) is 5.26 Å². The van der Waals surface area contributed by atoms with Gasteiger partial charge in [0, 0.05) is 0 Å². The van der Waals surface area contributed by atoms with Crippen LogP contribution in [0.1, 0.15) is 63.6 Å². The number of unbranched alkanes of at least 4 members (excludes halogenated alkanes) is 1. The summed E-state index contributed by atoms with van der Waals surface area (Å²) in [6.07, 6.45) is 4.67. The Bertz CT molecular complexity index is 391. The quantitative estimate of drug-likeness (QED) is 0.719.